The molecule has 1 aromatic carbocycles. The maximum atomic E-state index is 13.1. The Morgan fingerprint density at radius 1 is 1.13 bits per heavy atom. The summed E-state index contributed by atoms with van der Waals surface area (Å²) >= 11 is 0. The number of anilines is 1. The number of carbonyl (C=O) groups excluding carboxylic acids is 2. The Kier molecular flexibility index (Phi) is 8.73. The molecule has 0 spiro atoms. The number of nitrogens with zero attached hydrogens (tertiary/aromatic N) is 3. The van der Waals surface area contributed by atoms with E-state index in [4.69, 9.17) is 9.47 Å². The average molecular weight is 417 g/mol. The summed E-state index contributed by atoms with van der Waals surface area (Å²) in [6.07, 6.45) is 1.94. The molecule has 3 amide bonds. The average Bonchev–Trinajstić information content (AvgIpc) is 3.13. The van der Waals surface area contributed by atoms with Crippen molar-refractivity contribution in [3.8, 4) is 5.75 Å². The molecule has 0 radical (unpaired) electrons. The van der Waals surface area contributed by atoms with E-state index in [0.717, 1.165) is 5.69 Å². The number of carbonyl (C=O) groups is 2. The van der Waals surface area contributed by atoms with Crippen LogP contribution >= 0.6 is 0 Å². The number of ether oxygens (including phenoxy) is 2. The van der Waals surface area contributed by atoms with E-state index in [1.165, 1.54) is 4.90 Å². The molecule has 2 rings (SSSR count). The molecule has 0 aliphatic heterocycles. The topological polar surface area (TPSA) is 76.0 Å². The summed E-state index contributed by atoms with van der Waals surface area (Å²) in [7, 11) is 5.09. The van der Waals surface area contributed by atoms with Gasteiger partial charge in [-0.15, -0.1) is 0 Å². The van der Waals surface area contributed by atoms with Gasteiger partial charge in [0.25, 0.3) is 0 Å². The number of hydrogen-bond donors (Lipinski definition) is 1. The van der Waals surface area contributed by atoms with E-state index in [1.54, 1.807) is 31.3 Å². The lowest BCUT2D eigenvalue weighted by Gasteiger charge is -2.30. The molecule has 0 fully saturated rings. The summed E-state index contributed by atoms with van der Waals surface area (Å²) in [6.45, 7) is 5.04. The summed E-state index contributed by atoms with van der Waals surface area (Å²) < 4.78 is 12.4. The van der Waals surface area contributed by atoms with Crippen LogP contribution in [-0.4, -0.2) is 66.3 Å². The van der Waals surface area contributed by atoms with Crippen LogP contribution in [0.3, 0.4) is 0 Å². The van der Waals surface area contributed by atoms with E-state index in [-0.39, 0.29) is 24.5 Å². The van der Waals surface area contributed by atoms with Gasteiger partial charge in [0.05, 0.1) is 25.9 Å². The van der Waals surface area contributed by atoms with Crippen LogP contribution in [0.5, 0.6) is 5.75 Å². The van der Waals surface area contributed by atoms with Gasteiger partial charge in [0.2, 0.25) is 5.91 Å². The first-order valence-corrected chi connectivity index (χ1v) is 9.95. The third kappa shape index (κ3) is 6.25. The fourth-order valence-electron chi connectivity index (χ4n) is 3.02. The fourth-order valence-corrected chi connectivity index (χ4v) is 3.02. The first kappa shape index (κ1) is 23.3. The first-order chi connectivity index (χ1) is 14.4. The van der Waals surface area contributed by atoms with Gasteiger partial charge in [0.15, 0.2) is 0 Å². The Hall–Kier alpha value is -3.00. The van der Waals surface area contributed by atoms with E-state index in [0.29, 0.717) is 31.1 Å². The van der Waals surface area contributed by atoms with Crippen LogP contribution in [0.15, 0.2) is 42.6 Å². The summed E-state index contributed by atoms with van der Waals surface area (Å²) in [5, 5.41) is 2.85. The van der Waals surface area contributed by atoms with Crippen LogP contribution in [0.25, 0.3) is 0 Å². The molecule has 30 heavy (non-hydrogen) atoms. The van der Waals surface area contributed by atoms with Crippen LogP contribution in [-0.2, 0) is 23.1 Å². The van der Waals surface area contributed by atoms with Crippen molar-refractivity contribution in [1.82, 2.24) is 14.4 Å². The highest BCUT2D eigenvalue weighted by atomic mass is 16.5. The Bertz CT molecular complexity index is 834. The van der Waals surface area contributed by atoms with Crippen molar-refractivity contribution in [2.24, 2.45) is 7.05 Å². The third-order valence-electron chi connectivity index (χ3n) is 4.86. The van der Waals surface area contributed by atoms with Gasteiger partial charge in [-0.3, -0.25) is 4.79 Å². The lowest BCUT2D eigenvalue weighted by atomic mass is 10.2. The second-order valence-corrected chi connectivity index (χ2v) is 7.27. The molecule has 0 aliphatic carbocycles. The molecule has 8 heteroatoms. The van der Waals surface area contributed by atoms with Crippen LogP contribution < -0.4 is 10.1 Å². The molecule has 0 saturated carbocycles. The third-order valence-corrected chi connectivity index (χ3v) is 4.86. The molecule has 1 heterocycles. The Labute approximate surface area is 178 Å². The minimum atomic E-state index is -0.353. The molecule has 0 aliphatic rings. The van der Waals surface area contributed by atoms with Crippen LogP contribution in [0, 0.1) is 0 Å². The maximum Gasteiger partial charge on any atom is 0.322 e. The molecule has 1 aromatic heterocycles. The van der Waals surface area contributed by atoms with Crippen molar-refractivity contribution in [1.29, 1.82) is 0 Å². The van der Waals surface area contributed by atoms with E-state index in [2.05, 4.69) is 5.32 Å². The largest absolute Gasteiger partial charge is 0.495 e. The van der Waals surface area contributed by atoms with Crippen molar-refractivity contribution in [2.45, 2.75) is 26.4 Å². The summed E-state index contributed by atoms with van der Waals surface area (Å²) in [5.41, 5.74) is 1.57. The smallest absolute Gasteiger partial charge is 0.322 e. The van der Waals surface area contributed by atoms with Crippen LogP contribution in [0.1, 0.15) is 19.5 Å². The summed E-state index contributed by atoms with van der Waals surface area (Å²) in [5.74, 6) is 0.420. The molecular formula is C22H32N4O4. The standard InChI is InChI=1S/C22H32N4O4/c1-17(2)26(22(28)23-19-10-6-7-11-20(19)30-5)16-21(27)25(13-14-29-4)15-18-9-8-12-24(18)3/h6-12,17H,13-16H2,1-5H3,(H,23,28). The SMILES string of the molecule is COCCN(Cc1cccn1C)C(=O)CN(C(=O)Nc1ccccc1OC)C(C)C. The van der Waals surface area contributed by atoms with Gasteiger partial charge in [-0.25, -0.2) is 4.79 Å². The zero-order chi connectivity index (χ0) is 22.1. The van der Waals surface area contributed by atoms with Crippen molar-refractivity contribution in [3.63, 3.8) is 0 Å². The number of aryl methyl sites for hydroxylation is 1. The van der Waals surface area contributed by atoms with Gasteiger partial charge in [0.1, 0.15) is 12.3 Å². The zero-order valence-electron chi connectivity index (χ0n) is 18.4. The number of benzene rings is 1. The second kappa shape index (κ2) is 11.3. The summed E-state index contributed by atoms with van der Waals surface area (Å²) in [6, 6.07) is 10.6. The van der Waals surface area contributed by atoms with E-state index in [9.17, 15) is 9.59 Å². The molecule has 164 valence electrons. The Morgan fingerprint density at radius 2 is 1.87 bits per heavy atom. The summed E-state index contributed by atoms with van der Waals surface area (Å²) in [4.78, 5) is 29.2. The predicted octanol–water partition coefficient (Wildman–Crippen LogP) is 2.95. The predicted molar refractivity (Wildman–Crippen MR) is 117 cm³/mol. The maximum absolute atomic E-state index is 13.1. The van der Waals surface area contributed by atoms with Gasteiger partial charge >= 0.3 is 6.03 Å². The van der Waals surface area contributed by atoms with E-state index < -0.39 is 0 Å². The Balaban J connectivity index is 2.12. The lowest BCUT2D eigenvalue weighted by Crippen LogP contribution is -2.48. The fraction of sp³-hybridized carbons (Fsp3) is 0.455. The van der Waals surface area contributed by atoms with Crippen molar-refractivity contribution >= 4 is 17.6 Å². The molecule has 0 saturated heterocycles. The van der Waals surface area contributed by atoms with Crippen LogP contribution in [0.2, 0.25) is 0 Å². The minimum Gasteiger partial charge on any atom is -0.495 e. The second-order valence-electron chi connectivity index (χ2n) is 7.27. The van der Waals surface area contributed by atoms with E-state index in [1.807, 2.05) is 55.9 Å². The van der Waals surface area contributed by atoms with Gasteiger partial charge in [-0.05, 0) is 38.1 Å². The highest BCUT2D eigenvalue weighted by molar-refractivity contribution is 5.93. The number of rotatable bonds is 10. The quantitative estimate of drug-likeness (QED) is 0.646. The highest BCUT2D eigenvalue weighted by Gasteiger charge is 2.24. The molecule has 1 N–H and O–H groups in total. The van der Waals surface area contributed by atoms with Crippen molar-refractivity contribution in [3.05, 3.63) is 48.3 Å². The van der Waals surface area contributed by atoms with Crippen LogP contribution in [0.4, 0.5) is 10.5 Å². The van der Waals surface area contributed by atoms with Gasteiger partial charge < -0.3 is 29.2 Å². The molecule has 0 atom stereocenters. The van der Waals surface area contributed by atoms with Gasteiger partial charge in [-0.2, -0.15) is 0 Å². The molecule has 0 bridgehead atoms. The lowest BCUT2D eigenvalue weighted by molar-refractivity contribution is -0.133. The van der Waals surface area contributed by atoms with E-state index >= 15 is 0 Å². The molecule has 2 aromatic rings. The number of methoxy groups -OCH3 is 2. The van der Waals surface area contributed by atoms with Crippen molar-refractivity contribution < 1.29 is 19.1 Å². The highest BCUT2D eigenvalue weighted by Crippen LogP contribution is 2.23. The van der Waals surface area contributed by atoms with Gasteiger partial charge in [-0.1, -0.05) is 12.1 Å². The number of aromatic nitrogens is 1. The molecule has 0 unspecified atom stereocenters. The minimum absolute atomic E-state index is 0.0349. The first-order valence-electron chi connectivity index (χ1n) is 9.95. The number of hydrogen-bond acceptors (Lipinski definition) is 4. The Morgan fingerprint density at radius 3 is 2.47 bits per heavy atom. The number of urea groups is 1. The number of amides is 3. The monoisotopic (exact) mass is 416 g/mol. The number of para-hydroxylation sites is 2. The number of nitrogens with one attached hydrogen (secondary N) is 1. The normalized spacial score (nSPS) is 10.7. The molecular weight excluding hydrogens is 384 g/mol. The zero-order valence-corrected chi connectivity index (χ0v) is 18.4. The molecule has 8 nitrogen and oxygen atoms in total. The van der Waals surface area contributed by atoms with Gasteiger partial charge in [0, 0.05) is 38.6 Å². The van der Waals surface area contributed by atoms with Crippen molar-refractivity contribution in [2.75, 3.05) is 39.2 Å².